The Hall–Kier alpha value is -1.89. The zero-order valence-electron chi connectivity index (χ0n) is 9.16. The van der Waals surface area contributed by atoms with Gasteiger partial charge in [-0.1, -0.05) is 6.07 Å². The fourth-order valence-electron chi connectivity index (χ4n) is 1.61. The van der Waals surface area contributed by atoms with E-state index in [0.29, 0.717) is 12.1 Å². The summed E-state index contributed by atoms with van der Waals surface area (Å²) in [5.41, 5.74) is -1.25. The van der Waals surface area contributed by atoms with Crippen LogP contribution in [0.5, 0.6) is 0 Å². The van der Waals surface area contributed by atoms with E-state index in [4.69, 9.17) is 5.11 Å². The summed E-state index contributed by atoms with van der Waals surface area (Å²) in [6.45, 7) is 0. The van der Waals surface area contributed by atoms with E-state index in [9.17, 15) is 22.4 Å². The van der Waals surface area contributed by atoms with Crippen LogP contribution in [0.4, 0.5) is 17.6 Å². The number of alkyl halides is 3. The van der Waals surface area contributed by atoms with Crippen molar-refractivity contribution in [3.8, 4) is 11.1 Å². The maximum Gasteiger partial charge on any atom is 0.419 e. The zero-order chi connectivity index (χ0) is 14.2. The van der Waals surface area contributed by atoms with Gasteiger partial charge in [0.2, 0.25) is 0 Å². The van der Waals surface area contributed by atoms with Crippen LogP contribution in [0.15, 0.2) is 29.6 Å². The molecule has 0 fully saturated rings. The predicted octanol–water partition coefficient (Wildman–Crippen LogP) is 4.27. The smallest absolute Gasteiger partial charge is 0.419 e. The lowest BCUT2D eigenvalue weighted by molar-refractivity contribution is -0.139. The largest absolute Gasteiger partial charge is 0.477 e. The second kappa shape index (κ2) is 4.65. The molecule has 0 unspecified atom stereocenters. The molecule has 0 amide bonds. The van der Waals surface area contributed by atoms with Gasteiger partial charge < -0.3 is 5.11 Å². The molecule has 1 N–H and O–H groups in total. The van der Waals surface area contributed by atoms with Crippen molar-refractivity contribution >= 4 is 17.3 Å². The highest BCUT2D eigenvalue weighted by Crippen LogP contribution is 2.36. The molecule has 0 saturated carbocycles. The highest BCUT2D eigenvalue weighted by molar-refractivity contribution is 7.12. The van der Waals surface area contributed by atoms with Gasteiger partial charge in [0.1, 0.15) is 10.7 Å². The first-order valence-electron chi connectivity index (χ1n) is 4.98. The molecule has 2 nitrogen and oxygen atoms in total. The summed E-state index contributed by atoms with van der Waals surface area (Å²) in [6, 6.07) is 3.81. The molecule has 2 aromatic rings. The molecule has 100 valence electrons. The number of rotatable bonds is 2. The summed E-state index contributed by atoms with van der Waals surface area (Å²) in [5.74, 6) is -2.62. The van der Waals surface area contributed by atoms with Gasteiger partial charge in [0.05, 0.1) is 5.56 Å². The predicted molar refractivity (Wildman–Crippen MR) is 61.7 cm³/mol. The molecular formula is C12H6F4O2S. The van der Waals surface area contributed by atoms with Gasteiger partial charge in [-0.3, -0.25) is 0 Å². The summed E-state index contributed by atoms with van der Waals surface area (Å²) in [6.07, 6.45) is -4.82. The van der Waals surface area contributed by atoms with Crippen LogP contribution in [0.25, 0.3) is 11.1 Å². The molecule has 19 heavy (non-hydrogen) atoms. The van der Waals surface area contributed by atoms with Crippen LogP contribution in [0, 0.1) is 5.82 Å². The Balaban J connectivity index is 2.58. The summed E-state index contributed by atoms with van der Waals surface area (Å²) in [7, 11) is 0. The molecule has 0 aliphatic carbocycles. The van der Waals surface area contributed by atoms with Crippen molar-refractivity contribution in [3.63, 3.8) is 0 Å². The van der Waals surface area contributed by atoms with Crippen LogP contribution in [0.1, 0.15) is 15.2 Å². The molecule has 0 aliphatic heterocycles. The van der Waals surface area contributed by atoms with E-state index in [1.165, 1.54) is 11.4 Å². The first-order valence-corrected chi connectivity index (χ1v) is 5.86. The van der Waals surface area contributed by atoms with Gasteiger partial charge in [-0.05, 0) is 29.1 Å². The Kier molecular flexibility index (Phi) is 3.32. The molecule has 2 rings (SSSR count). The lowest BCUT2D eigenvalue weighted by Gasteiger charge is -2.10. The molecule has 1 heterocycles. The zero-order valence-corrected chi connectivity index (χ0v) is 9.98. The first-order chi connectivity index (χ1) is 8.80. The van der Waals surface area contributed by atoms with Crippen molar-refractivity contribution in [3.05, 3.63) is 45.9 Å². The summed E-state index contributed by atoms with van der Waals surface area (Å²) < 4.78 is 50.9. The Labute approximate surface area is 108 Å². The molecule has 0 bridgehead atoms. The van der Waals surface area contributed by atoms with E-state index >= 15 is 0 Å². The van der Waals surface area contributed by atoms with Crippen molar-refractivity contribution in [1.29, 1.82) is 0 Å². The molecule has 0 spiro atoms. The molecule has 0 aliphatic rings. The summed E-state index contributed by atoms with van der Waals surface area (Å²) in [5, 5.41) is 10.4. The van der Waals surface area contributed by atoms with E-state index in [1.54, 1.807) is 0 Å². The highest BCUT2D eigenvalue weighted by atomic mass is 32.1. The van der Waals surface area contributed by atoms with Crippen LogP contribution in [-0.2, 0) is 6.18 Å². The van der Waals surface area contributed by atoms with E-state index in [1.807, 2.05) is 0 Å². The molecule has 0 saturated heterocycles. The fourth-order valence-corrected chi connectivity index (χ4v) is 2.37. The number of carbonyl (C=O) groups is 1. The van der Waals surface area contributed by atoms with Crippen molar-refractivity contribution in [2.24, 2.45) is 0 Å². The molecule has 0 atom stereocenters. The van der Waals surface area contributed by atoms with Crippen LogP contribution < -0.4 is 0 Å². The second-order valence-corrected chi connectivity index (χ2v) is 4.58. The van der Waals surface area contributed by atoms with Gasteiger partial charge in [-0.15, -0.1) is 11.3 Å². The van der Waals surface area contributed by atoms with Gasteiger partial charge in [0.15, 0.2) is 0 Å². The van der Waals surface area contributed by atoms with Crippen molar-refractivity contribution < 1.29 is 27.5 Å². The Morgan fingerprint density at radius 2 is 1.89 bits per heavy atom. The second-order valence-electron chi connectivity index (χ2n) is 3.66. The SMILES string of the molecule is O=C(O)c1sccc1-c1ccc(F)c(C(F)(F)F)c1. The molecule has 1 aromatic carbocycles. The number of thiophene rings is 1. The van der Waals surface area contributed by atoms with Gasteiger partial charge >= 0.3 is 12.1 Å². The average Bonchev–Trinajstić information content (AvgIpc) is 2.77. The maximum atomic E-state index is 13.1. The molecular weight excluding hydrogens is 284 g/mol. The van der Waals surface area contributed by atoms with E-state index in [-0.39, 0.29) is 16.0 Å². The topological polar surface area (TPSA) is 37.3 Å². The number of hydrogen-bond donors (Lipinski definition) is 1. The standard InChI is InChI=1S/C12H6F4O2S/c13-9-2-1-6(5-8(9)12(14,15)16)7-3-4-19-10(7)11(17)18/h1-5H,(H,17,18). The van der Waals surface area contributed by atoms with E-state index in [2.05, 4.69) is 0 Å². The van der Waals surface area contributed by atoms with Crippen molar-refractivity contribution in [2.45, 2.75) is 6.18 Å². The third-order valence-corrected chi connectivity index (χ3v) is 3.34. The number of aromatic carboxylic acids is 1. The van der Waals surface area contributed by atoms with Crippen LogP contribution in [-0.4, -0.2) is 11.1 Å². The van der Waals surface area contributed by atoms with Gasteiger partial charge in [-0.25, -0.2) is 9.18 Å². The minimum Gasteiger partial charge on any atom is -0.477 e. The van der Waals surface area contributed by atoms with Crippen LogP contribution in [0.3, 0.4) is 0 Å². The Morgan fingerprint density at radius 1 is 1.21 bits per heavy atom. The van der Waals surface area contributed by atoms with Gasteiger partial charge in [-0.2, -0.15) is 13.2 Å². The minimum absolute atomic E-state index is 0.0207. The fraction of sp³-hybridized carbons (Fsp3) is 0.0833. The van der Waals surface area contributed by atoms with Crippen molar-refractivity contribution in [2.75, 3.05) is 0 Å². The highest BCUT2D eigenvalue weighted by Gasteiger charge is 2.34. The molecule has 0 radical (unpaired) electrons. The Morgan fingerprint density at radius 3 is 2.47 bits per heavy atom. The Bertz CT molecular complexity index is 631. The lowest BCUT2D eigenvalue weighted by atomic mass is 10.0. The number of benzene rings is 1. The third-order valence-electron chi connectivity index (χ3n) is 2.44. The normalized spacial score (nSPS) is 11.6. The minimum atomic E-state index is -4.82. The molecule has 7 heteroatoms. The summed E-state index contributed by atoms with van der Waals surface area (Å²) in [4.78, 5) is 10.8. The number of carboxylic acids is 1. The van der Waals surface area contributed by atoms with Gasteiger partial charge in [0, 0.05) is 5.56 Å². The molecule has 1 aromatic heterocycles. The van der Waals surface area contributed by atoms with E-state index < -0.39 is 23.5 Å². The maximum absolute atomic E-state index is 13.1. The van der Waals surface area contributed by atoms with Crippen LogP contribution in [0.2, 0.25) is 0 Å². The average molecular weight is 290 g/mol. The monoisotopic (exact) mass is 290 g/mol. The van der Waals surface area contributed by atoms with E-state index in [0.717, 1.165) is 17.4 Å². The summed E-state index contributed by atoms with van der Waals surface area (Å²) >= 11 is 0.895. The van der Waals surface area contributed by atoms with Crippen molar-refractivity contribution in [1.82, 2.24) is 0 Å². The number of halogens is 4. The number of hydrogen-bond acceptors (Lipinski definition) is 2. The third kappa shape index (κ3) is 2.60. The first kappa shape index (κ1) is 13.5. The lowest BCUT2D eigenvalue weighted by Crippen LogP contribution is -2.08. The number of carboxylic acid groups (broad SMARTS) is 1. The quantitative estimate of drug-likeness (QED) is 0.839. The van der Waals surface area contributed by atoms with Crippen LogP contribution >= 0.6 is 11.3 Å². The van der Waals surface area contributed by atoms with Gasteiger partial charge in [0.25, 0.3) is 0 Å².